The number of carbonyl (C=O) groups excluding carboxylic acids is 1. The Bertz CT molecular complexity index is 1260. The van der Waals surface area contributed by atoms with Crippen LogP contribution < -0.4 is 10.2 Å². The summed E-state index contributed by atoms with van der Waals surface area (Å²) in [7, 11) is 0. The maximum Gasteiger partial charge on any atom is 0.290 e. The SMILES string of the molecule is CCOc1cc(C2c3c(oc4ccccc4c3=O)C(=O)N2CCCN2CCOCC2)ccc1O. The molecule has 0 radical (unpaired) electrons. The summed E-state index contributed by atoms with van der Waals surface area (Å²) in [6.45, 7) is 6.69. The average molecular weight is 465 g/mol. The van der Waals surface area contributed by atoms with Crippen LogP contribution in [0.4, 0.5) is 0 Å². The smallest absolute Gasteiger partial charge is 0.290 e. The first-order valence-electron chi connectivity index (χ1n) is 11.7. The Labute approximate surface area is 197 Å². The van der Waals surface area contributed by atoms with Crippen molar-refractivity contribution in [2.45, 2.75) is 19.4 Å². The Morgan fingerprint density at radius 3 is 2.68 bits per heavy atom. The van der Waals surface area contributed by atoms with Crippen molar-refractivity contribution >= 4 is 16.9 Å². The van der Waals surface area contributed by atoms with Crippen molar-refractivity contribution in [2.75, 3.05) is 46.0 Å². The Morgan fingerprint density at radius 2 is 1.88 bits per heavy atom. The first-order valence-corrected chi connectivity index (χ1v) is 11.7. The van der Waals surface area contributed by atoms with Gasteiger partial charge >= 0.3 is 0 Å². The topological polar surface area (TPSA) is 92.5 Å². The number of morpholine rings is 1. The number of nitrogens with zero attached hydrogens (tertiary/aromatic N) is 2. The molecule has 178 valence electrons. The fraction of sp³-hybridized carbons (Fsp3) is 0.385. The molecular formula is C26H28N2O6. The van der Waals surface area contributed by atoms with Crippen LogP contribution in [0.3, 0.4) is 0 Å². The molecule has 1 atom stereocenters. The molecule has 1 aromatic heterocycles. The van der Waals surface area contributed by atoms with Gasteiger partial charge in [0, 0.05) is 26.2 Å². The molecule has 8 nitrogen and oxygen atoms in total. The number of hydrogen-bond donors (Lipinski definition) is 1. The van der Waals surface area contributed by atoms with Crippen LogP contribution in [0.1, 0.15) is 41.1 Å². The first-order chi connectivity index (χ1) is 16.6. The van der Waals surface area contributed by atoms with E-state index < -0.39 is 6.04 Å². The maximum atomic E-state index is 13.6. The lowest BCUT2D eigenvalue weighted by atomic mass is 9.98. The number of aromatic hydroxyl groups is 1. The van der Waals surface area contributed by atoms with Gasteiger partial charge < -0.3 is 23.9 Å². The number of benzene rings is 2. The van der Waals surface area contributed by atoms with Gasteiger partial charge in [-0.15, -0.1) is 0 Å². The lowest BCUT2D eigenvalue weighted by Crippen LogP contribution is -2.38. The van der Waals surface area contributed by atoms with Gasteiger partial charge in [-0.1, -0.05) is 18.2 Å². The first kappa shape index (κ1) is 22.4. The van der Waals surface area contributed by atoms with E-state index in [0.717, 1.165) is 39.3 Å². The predicted octanol–water partition coefficient (Wildman–Crippen LogP) is 3.16. The number of carbonyl (C=O) groups is 1. The summed E-state index contributed by atoms with van der Waals surface area (Å²) < 4.78 is 17.0. The van der Waals surface area contributed by atoms with Crippen LogP contribution in [-0.2, 0) is 4.74 Å². The molecule has 1 amide bonds. The fourth-order valence-corrected chi connectivity index (χ4v) is 4.81. The van der Waals surface area contributed by atoms with Gasteiger partial charge in [-0.3, -0.25) is 14.5 Å². The number of phenols is 1. The van der Waals surface area contributed by atoms with Crippen molar-refractivity contribution in [1.82, 2.24) is 9.80 Å². The molecule has 1 unspecified atom stereocenters. The molecule has 3 heterocycles. The Kier molecular flexibility index (Phi) is 6.26. The highest BCUT2D eigenvalue weighted by molar-refractivity contribution is 5.99. The third kappa shape index (κ3) is 4.03. The van der Waals surface area contributed by atoms with Crippen molar-refractivity contribution in [1.29, 1.82) is 0 Å². The summed E-state index contributed by atoms with van der Waals surface area (Å²) in [6, 6.07) is 11.3. The van der Waals surface area contributed by atoms with Gasteiger partial charge in [0.1, 0.15) is 5.58 Å². The lowest BCUT2D eigenvalue weighted by molar-refractivity contribution is 0.0353. The van der Waals surface area contributed by atoms with E-state index in [2.05, 4.69) is 4.90 Å². The second kappa shape index (κ2) is 9.48. The fourth-order valence-electron chi connectivity index (χ4n) is 4.81. The van der Waals surface area contributed by atoms with Crippen molar-refractivity contribution in [2.24, 2.45) is 0 Å². The van der Waals surface area contributed by atoms with E-state index in [1.165, 1.54) is 6.07 Å². The molecule has 2 aliphatic heterocycles. The lowest BCUT2D eigenvalue weighted by Gasteiger charge is -2.29. The van der Waals surface area contributed by atoms with Crippen molar-refractivity contribution < 1.29 is 23.8 Å². The standard InChI is InChI=1S/C26H28N2O6/c1-2-33-21-16-17(8-9-19(21)29)23-22-24(30)18-6-3-4-7-20(18)34-25(22)26(31)28(23)11-5-10-27-12-14-32-15-13-27/h3-4,6-9,16,23,29H,2,5,10-15H2,1H3. The zero-order valence-corrected chi connectivity index (χ0v) is 19.2. The zero-order valence-electron chi connectivity index (χ0n) is 19.2. The van der Waals surface area contributed by atoms with Crippen LogP contribution in [0.5, 0.6) is 11.5 Å². The molecule has 3 aromatic rings. The van der Waals surface area contributed by atoms with Gasteiger partial charge in [-0.2, -0.15) is 0 Å². The molecule has 0 saturated carbocycles. The normalized spacial score (nSPS) is 18.4. The van der Waals surface area contributed by atoms with E-state index in [0.29, 0.717) is 41.0 Å². The monoisotopic (exact) mass is 464 g/mol. The molecule has 2 aromatic carbocycles. The van der Waals surface area contributed by atoms with Gasteiger partial charge in [0.2, 0.25) is 5.76 Å². The third-order valence-electron chi connectivity index (χ3n) is 6.45. The van der Waals surface area contributed by atoms with Gasteiger partial charge in [0.15, 0.2) is 16.9 Å². The molecule has 0 spiro atoms. The van der Waals surface area contributed by atoms with Crippen LogP contribution in [-0.4, -0.2) is 66.8 Å². The number of hydrogen-bond acceptors (Lipinski definition) is 7. The van der Waals surface area contributed by atoms with Gasteiger partial charge in [0.05, 0.1) is 36.8 Å². The summed E-state index contributed by atoms with van der Waals surface area (Å²) in [5.41, 5.74) is 1.22. The highest BCUT2D eigenvalue weighted by atomic mass is 16.5. The molecule has 2 aliphatic rings. The van der Waals surface area contributed by atoms with Crippen LogP contribution in [0.25, 0.3) is 11.0 Å². The summed E-state index contributed by atoms with van der Waals surface area (Å²) in [5.74, 6) is 0.126. The maximum absolute atomic E-state index is 13.6. The van der Waals surface area contributed by atoms with Crippen LogP contribution in [0.2, 0.25) is 0 Å². The van der Waals surface area contributed by atoms with E-state index in [1.807, 2.05) is 6.92 Å². The second-order valence-corrected chi connectivity index (χ2v) is 8.54. The molecule has 1 saturated heterocycles. The van der Waals surface area contributed by atoms with E-state index in [-0.39, 0.29) is 22.8 Å². The molecule has 0 bridgehead atoms. The minimum atomic E-state index is -0.618. The van der Waals surface area contributed by atoms with Gasteiger partial charge in [-0.25, -0.2) is 0 Å². The molecule has 5 rings (SSSR count). The quantitative estimate of drug-likeness (QED) is 0.574. The number of fused-ring (bicyclic) bond motifs is 2. The second-order valence-electron chi connectivity index (χ2n) is 8.54. The number of rotatable bonds is 7. The summed E-state index contributed by atoms with van der Waals surface area (Å²) >= 11 is 0. The largest absolute Gasteiger partial charge is 0.504 e. The van der Waals surface area contributed by atoms with E-state index in [9.17, 15) is 14.7 Å². The van der Waals surface area contributed by atoms with Crippen molar-refractivity contribution in [3.8, 4) is 11.5 Å². The Morgan fingerprint density at radius 1 is 1.09 bits per heavy atom. The highest BCUT2D eigenvalue weighted by Gasteiger charge is 2.42. The Balaban J connectivity index is 1.54. The van der Waals surface area contributed by atoms with Crippen molar-refractivity contribution in [3.05, 3.63) is 69.6 Å². The van der Waals surface area contributed by atoms with E-state index in [4.69, 9.17) is 13.9 Å². The van der Waals surface area contributed by atoms with Gasteiger partial charge in [-0.05, 0) is 43.2 Å². The van der Waals surface area contributed by atoms with Gasteiger partial charge in [0.25, 0.3) is 5.91 Å². The van der Waals surface area contributed by atoms with Crippen molar-refractivity contribution in [3.63, 3.8) is 0 Å². The number of phenolic OH excluding ortho intramolecular Hbond substituents is 1. The summed E-state index contributed by atoms with van der Waals surface area (Å²) in [6.07, 6.45) is 0.750. The molecule has 1 N–H and O–H groups in total. The molecular weight excluding hydrogens is 436 g/mol. The van der Waals surface area contributed by atoms with Crippen LogP contribution >= 0.6 is 0 Å². The minimum Gasteiger partial charge on any atom is -0.504 e. The van der Waals surface area contributed by atoms with Crippen LogP contribution in [0, 0.1) is 0 Å². The van der Waals surface area contributed by atoms with Crippen LogP contribution in [0.15, 0.2) is 51.7 Å². The number of ether oxygens (including phenoxy) is 2. The highest BCUT2D eigenvalue weighted by Crippen LogP contribution is 2.40. The predicted molar refractivity (Wildman–Crippen MR) is 127 cm³/mol. The van der Waals surface area contributed by atoms with E-state index >= 15 is 0 Å². The molecule has 34 heavy (non-hydrogen) atoms. The zero-order chi connectivity index (χ0) is 23.7. The third-order valence-corrected chi connectivity index (χ3v) is 6.45. The molecule has 0 aliphatic carbocycles. The summed E-state index contributed by atoms with van der Waals surface area (Å²) in [4.78, 5) is 31.1. The molecule has 1 fully saturated rings. The Hall–Kier alpha value is -3.36. The average Bonchev–Trinajstić information content (AvgIpc) is 3.13. The molecule has 8 heteroatoms. The van der Waals surface area contributed by atoms with E-state index in [1.54, 1.807) is 41.3 Å². The minimum absolute atomic E-state index is 0.0135. The number of para-hydroxylation sites is 1. The number of amides is 1. The summed E-state index contributed by atoms with van der Waals surface area (Å²) in [5, 5.41) is 10.6.